The minimum atomic E-state index is -0.228. The highest BCUT2D eigenvalue weighted by Gasteiger charge is 2.19. The van der Waals surface area contributed by atoms with Gasteiger partial charge in [-0.1, -0.05) is 59.1 Å². The number of carbonyl (C=O) groups is 3. The molecule has 36 heavy (non-hydrogen) atoms. The second-order valence-electron chi connectivity index (χ2n) is 9.55. The van der Waals surface area contributed by atoms with Crippen LogP contribution in [0.3, 0.4) is 0 Å². The van der Waals surface area contributed by atoms with Crippen LogP contribution in [-0.4, -0.2) is 74.1 Å². The molecule has 0 spiro atoms. The third-order valence-corrected chi connectivity index (χ3v) is 6.28. The van der Waals surface area contributed by atoms with E-state index in [1.807, 2.05) is 14.0 Å². The number of unbranched alkanes of at least 4 members (excludes halogenated alkanes) is 4. The quantitative estimate of drug-likeness (QED) is 0.0987. The summed E-state index contributed by atoms with van der Waals surface area (Å²) < 4.78 is 10.9. The highest BCUT2D eigenvalue weighted by atomic mass is 16.5. The van der Waals surface area contributed by atoms with Gasteiger partial charge < -0.3 is 19.3 Å². The standard InChI is InChI=1S/C29H54N2O5/c1-6-10-12-13-14-16-18-28(33)35-24-22-31(27(32)19-21-30(5)20-8-3)23-25-36-29(34)26(9-4)17-15-11-7-2/h10,12,26H,6-9,11,13-25H2,1-5H3/b12-10-. The zero-order chi connectivity index (χ0) is 27.0. The van der Waals surface area contributed by atoms with Crippen molar-refractivity contribution in [3.63, 3.8) is 0 Å². The molecule has 210 valence electrons. The molecule has 7 heteroatoms. The van der Waals surface area contributed by atoms with E-state index in [1.165, 1.54) is 0 Å². The van der Waals surface area contributed by atoms with Crippen LogP contribution in [0.15, 0.2) is 12.2 Å². The van der Waals surface area contributed by atoms with Crippen LogP contribution in [0, 0.1) is 5.92 Å². The zero-order valence-electron chi connectivity index (χ0n) is 23.9. The van der Waals surface area contributed by atoms with E-state index in [9.17, 15) is 14.4 Å². The fourth-order valence-corrected chi connectivity index (χ4v) is 3.96. The Kier molecular flexibility index (Phi) is 22.3. The molecule has 0 radical (unpaired) electrons. The van der Waals surface area contributed by atoms with E-state index in [4.69, 9.17) is 9.47 Å². The van der Waals surface area contributed by atoms with Gasteiger partial charge in [-0.05, 0) is 58.5 Å². The van der Waals surface area contributed by atoms with Gasteiger partial charge in [0.15, 0.2) is 0 Å². The predicted octanol–water partition coefficient (Wildman–Crippen LogP) is 5.77. The van der Waals surface area contributed by atoms with Gasteiger partial charge in [0.25, 0.3) is 0 Å². The molecule has 0 aromatic carbocycles. The molecule has 0 bridgehead atoms. The maximum atomic E-state index is 12.9. The van der Waals surface area contributed by atoms with E-state index in [0.717, 1.165) is 70.8 Å². The fraction of sp³-hybridized carbons (Fsp3) is 0.828. The normalized spacial score (nSPS) is 12.2. The summed E-state index contributed by atoms with van der Waals surface area (Å²) >= 11 is 0. The number of amides is 1. The summed E-state index contributed by atoms with van der Waals surface area (Å²) in [5, 5.41) is 0. The van der Waals surface area contributed by atoms with Crippen molar-refractivity contribution in [3.05, 3.63) is 12.2 Å². The Hall–Kier alpha value is -1.89. The first-order chi connectivity index (χ1) is 17.4. The monoisotopic (exact) mass is 510 g/mol. The van der Waals surface area contributed by atoms with Gasteiger partial charge in [0.05, 0.1) is 19.0 Å². The van der Waals surface area contributed by atoms with Crippen LogP contribution in [0.4, 0.5) is 0 Å². The third kappa shape index (κ3) is 18.4. The number of carbonyl (C=O) groups excluding carboxylic acids is 3. The first kappa shape index (κ1) is 34.1. The topological polar surface area (TPSA) is 76.1 Å². The van der Waals surface area contributed by atoms with E-state index in [2.05, 4.69) is 37.8 Å². The Bertz CT molecular complexity index is 608. The minimum absolute atomic E-state index is 0.0113. The van der Waals surface area contributed by atoms with Crippen LogP contribution in [0.1, 0.15) is 105 Å². The number of ether oxygens (including phenoxy) is 2. The van der Waals surface area contributed by atoms with Crippen molar-refractivity contribution in [1.29, 1.82) is 0 Å². The van der Waals surface area contributed by atoms with Crippen molar-refractivity contribution in [2.45, 2.75) is 105 Å². The van der Waals surface area contributed by atoms with Crippen LogP contribution in [0.25, 0.3) is 0 Å². The summed E-state index contributed by atoms with van der Waals surface area (Å²) in [6.07, 6.45) is 14.7. The molecule has 0 saturated heterocycles. The molecule has 0 aliphatic carbocycles. The fourth-order valence-electron chi connectivity index (χ4n) is 3.96. The lowest BCUT2D eigenvalue weighted by molar-refractivity contribution is -0.151. The average Bonchev–Trinajstić information content (AvgIpc) is 2.86. The SMILES string of the molecule is CC/C=C\CCCCC(=O)OCCN(CCOC(=O)C(CC)CCCCC)C(=O)CCN(C)CCC. The summed E-state index contributed by atoms with van der Waals surface area (Å²) in [5.41, 5.74) is 0. The maximum absolute atomic E-state index is 12.9. The Morgan fingerprint density at radius 3 is 2.14 bits per heavy atom. The molecule has 0 aliphatic heterocycles. The predicted molar refractivity (Wildman–Crippen MR) is 147 cm³/mol. The highest BCUT2D eigenvalue weighted by Crippen LogP contribution is 2.15. The Morgan fingerprint density at radius 2 is 1.50 bits per heavy atom. The maximum Gasteiger partial charge on any atom is 0.308 e. The minimum Gasteiger partial charge on any atom is -0.464 e. The van der Waals surface area contributed by atoms with E-state index >= 15 is 0 Å². The van der Waals surface area contributed by atoms with Gasteiger partial charge in [-0.2, -0.15) is 0 Å². The van der Waals surface area contributed by atoms with Crippen LogP contribution in [0.5, 0.6) is 0 Å². The third-order valence-electron chi connectivity index (χ3n) is 6.28. The molecule has 0 heterocycles. The summed E-state index contributed by atoms with van der Waals surface area (Å²) in [5.74, 6) is -0.498. The van der Waals surface area contributed by atoms with Gasteiger partial charge >= 0.3 is 11.9 Å². The van der Waals surface area contributed by atoms with Crippen molar-refractivity contribution < 1.29 is 23.9 Å². The van der Waals surface area contributed by atoms with E-state index in [-0.39, 0.29) is 37.0 Å². The molecule has 0 fully saturated rings. The summed E-state index contributed by atoms with van der Waals surface area (Å²) in [4.78, 5) is 41.2. The molecule has 0 aliphatic rings. The second kappa shape index (κ2) is 23.5. The Labute approximate surface area is 220 Å². The van der Waals surface area contributed by atoms with Crippen molar-refractivity contribution in [3.8, 4) is 0 Å². The number of rotatable bonds is 23. The molecule has 0 N–H and O–H groups in total. The highest BCUT2D eigenvalue weighted by molar-refractivity contribution is 5.76. The summed E-state index contributed by atoms with van der Waals surface area (Å²) in [6, 6.07) is 0. The summed E-state index contributed by atoms with van der Waals surface area (Å²) in [7, 11) is 2.01. The largest absolute Gasteiger partial charge is 0.464 e. The van der Waals surface area contributed by atoms with Crippen molar-refractivity contribution in [1.82, 2.24) is 9.80 Å². The Balaban J connectivity index is 4.62. The number of hydrogen-bond donors (Lipinski definition) is 0. The van der Waals surface area contributed by atoms with E-state index in [1.54, 1.807) is 4.90 Å². The molecule has 0 aromatic rings. The van der Waals surface area contributed by atoms with E-state index in [0.29, 0.717) is 32.5 Å². The number of esters is 2. The molecule has 0 aromatic heterocycles. The number of hydrogen-bond acceptors (Lipinski definition) is 6. The molecule has 0 rings (SSSR count). The van der Waals surface area contributed by atoms with Gasteiger partial charge in [0.1, 0.15) is 13.2 Å². The molecule has 7 nitrogen and oxygen atoms in total. The first-order valence-electron chi connectivity index (χ1n) is 14.3. The second-order valence-corrected chi connectivity index (χ2v) is 9.55. The Morgan fingerprint density at radius 1 is 0.778 bits per heavy atom. The summed E-state index contributed by atoms with van der Waals surface area (Å²) in [6.45, 7) is 10.9. The first-order valence-corrected chi connectivity index (χ1v) is 14.3. The van der Waals surface area contributed by atoms with Crippen molar-refractivity contribution in [2.24, 2.45) is 5.92 Å². The molecule has 1 amide bonds. The molecule has 0 saturated carbocycles. The molecular weight excluding hydrogens is 456 g/mol. The van der Waals surface area contributed by atoms with Crippen LogP contribution in [0.2, 0.25) is 0 Å². The van der Waals surface area contributed by atoms with Gasteiger partial charge in [-0.25, -0.2) is 0 Å². The number of nitrogens with zero attached hydrogens (tertiary/aromatic N) is 2. The lowest BCUT2D eigenvalue weighted by Crippen LogP contribution is -2.39. The lowest BCUT2D eigenvalue weighted by Gasteiger charge is -2.24. The van der Waals surface area contributed by atoms with E-state index < -0.39 is 0 Å². The van der Waals surface area contributed by atoms with Gasteiger partial charge in [0, 0.05) is 19.4 Å². The molecule has 1 atom stereocenters. The smallest absolute Gasteiger partial charge is 0.308 e. The van der Waals surface area contributed by atoms with Gasteiger partial charge in [-0.3, -0.25) is 14.4 Å². The van der Waals surface area contributed by atoms with Crippen LogP contribution in [-0.2, 0) is 23.9 Å². The lowest BCUT2D eigenvalue weighted by atomic mass is 9.99. The molecule has 1 unspecified atom stereocenters. The van der Waals surface area contributed by atoms with Crippen LogP contribution >= 0.6 is 0 Å². The van der Waals surface area contributed by atoms with Crippen molar-refractivity contribution >= 4 is 17.8 Å². The van der Waals surface area contributed by atoms with Gasteiger partial charge in [0.2, 0.25) is 5.91 Å². The molecular formula is C29H54N2O5. The van der Waals surface area contributed by atoms with Crippen molar-refractivity contribution in [2.75, 3.05) is 46.4 Å². The zero-order valence-corrected chi connectivity index (χ0v) is 23.9. The van der Waals surface area contributed by atoms with Gasteiger partial charge in [-0.15, -0.1) is 0 Å². The average molecular weight is 511 g/mol. The van der Waals surface area contributed by atoms with Crippen LogP contribution < -0.4 is 0 Å². The number of allylic oxidation sites excluding steroid dienone is 2.